The summed E-state index contributed by atoms with van der Waals surface area (Å²) in [7, 11) is 1.71. The van der Waals surface area contributed by atoms with E-state index in [1.54, 1.807) is 31.3 Å². The second-order valence-corrected chi connectivity index (χ2v) is 7.46. The van der Waals surface area contributed by atoms with E-state index in [4.69, 9.17) is 0 Å². The van der Waals surface area contributed by atoms with Crippen molar-refractivity contribution >= 4 is 29.3 Å². The van der Waals surface area contributed by atoms with Gasteiger partial charge < -0.3 is 10.6 Å². The highest BCUT2D eigenvalue weighted by molar-refractivity contribution is 7.99. The van der Waals surface area contributed by atoms with Crippen molar-refractivity contribution in [2.45, 2.75) is 18.0 Å². The van der Waals surface area contributed by atoms with Crippen molar-refractivity contribution < 1.29 is 9.59 Å². The highest BCUT2D eigenvalue weighted by atomic mass is 32.2. The van der Waals surface area contributed by atoms with Crippen LogP contribution in [0.5, 0.6) is 0 Å². The average Bonchev–Trinajstić information content (AvgIpc) is 3.16. The molecule has 1 heterocycles. The van der Waals surface area contributed by atoms with Crippen LogP contribution in [-0.2, 0) is 11.8 Å². The number of hydrogen-bond acceptors (Lipinski definition) is 6. The van der Waals surface area contributed by atoms with Gasteiger partial charge in [-0.2, -0.15) is 0 Å². The first kappa shape index (κ1) is 20.5. The summed E-state index contributed by atoms with van der Waals surface area (Å²) in [5.74, 6) is 0.0941. The van der Waals surface area contributed by atoms with Crippen LogP contribution >= 0.6 is 11.8 Å². The fourth-order valence-electron chi connectivity index (χ4n) is 2.62. The predicted octanol–water partition coefficient (Wildman–Crippen LogP) is 2.47. The monoisotopic (exact) mass is 410 g/mol. The summed E-state index contributed by atoms with van der Waals surface area (Å²) >= 11 is 1.25. The van der Waals surface area contributed by atoms with Crippen LogP contribution in [0.2, 0.25) is 0 Å². The van der Waals surface area contributed by atoms with Gasteiger partial charge in [-0.05, 0) is 46.2 Å². The van der Waals surface area contributed by atoms with Gasteiger partial charge in [-0.3, -0.25) is 9.59 Å². The summed E-state index contributed by atoms with van der Waals surface area (Å²) in [4.78, 5) is 24.4. The van der Waals surface area contributed by atoms with Crippen LogP contribution in [0.25, 0.3) is 0 Å². The zero-order valence-electron chi connectivity index (χ0n) is 16.2. The van der Waals surface area contributed by atoms with Crippen LogP contribution in [0.1, 0.15) is 28.8 Å². The number of carbonyl (C=O) groups is 2. The second kappa shape index (κ2) is 9.83. The minimum absolute atomic E-state index is 0.143. The summed E-state index contributed by atoms with van der Waals surface area (Å²) < 4.78 is 1.50. The van der Waals surface area contributed by atoms with Gasteiger partial charge in [-0.25, -0.2) is 4.68 Å². The first-order valence-corrected chi connectivity index (χ1v) is 10.1. The lowest BCUT2D eigenvalue weighted by Crippen LogP contribution is -2.27. The van der Waals surface area contributed by atoms with Crippen molar-refractivity contribution in [3.63, 3.8) is 0 Å². The molecule has 1 aromatic heterocycles. The van der Waals surface area contributed by atoms with Gasteiger partial charge in [0.25, 0.3) is 5.91 Å². The molecular formula is C20H22N6O2S. The molecule has 2 amide bonds. The molecule has 0 fully saturated rings. The molecule has 0 aliphatic rings. The van der Waals surface area contributed by atoms with Crippen LogP contribution in [0.4, 0.5) is 5.69 Å². The number of anilines is 1. The smallest absolute Gasteiger partial charge is 0.251 e. The predicted molar refractivity (Wildman–Crippen MR) is 112 cm³/mol. The molecule has 0 unspecified atom stereocenters. The molecular weight excluding hydrogens is 388 g/mol. The molecule has 0 spiro atoms. The molecule has 2 aromatic carbocycles. The fraction of sp³-hybridized carbons (Fsp3) is 0.250. The van der Waals surface area contributed by atoms with E-state index in [-0.39, 0.29) is 23.5 Å². The van der Waals surface area contributed by atoms with Crippen molar-refractivity contribution in [2.24, 2.45) is 7.05 Å². The van der Waals surface area contributed by atoms with E-state index in [9.17, 15) is 9.59 Å². The normalized spacial score (nSPS) is 11.7. The maximum absolute atomic E-state index is 12.4. The lowest BCUT2D eigenvalue weighted by atomic mass is 10.0. The Morgan fingerprint density at radius 3 is 2.48 bits per heavy atom. The molecule has 2 N–H and O–H groups in total. The fourth-order valence-corrected chi connectivity index (χ4v) is 3.27. The molecule has 0 radical (unpaired) electrons. The first-order chi connectivity index (χ1) is 14.0. The third-order valence-corrected chi connectivity index (χ3v) is 5.29. The number of carbonyl (C=O) groups excluding carboxylic acids is 2. The molecule has 3 rings (SSSR count). The zero-order chi connectivity index (χ0) is 20.6. The Morgan fingerprint density at radius 1 is 1.10 bits per heavy atom. The Morgan fingerprint density at radius 2 is 1.83 bits per heavy atom. The van der Waals surface area contributed by atoms with Crippen molar-refractivity contribution in [2.75, 3.05) is 17.6 Å². The van der Waals surface area contributed by atoms with Gasteiger partial charge in [-0.1, -0.05) is 49.0 Å². The van der Waals surface area contributed by atoms with Crippen LogP contribution in [0, 0.1) is 0 Å². The third-order valence-electron chi connectivity index (χ3n) is 4.28. The van der Waals surface area contributed by atoms with E-state index in [2.05, 4.69) is 33.1 Å². The molecule has 29 heavy (non-hydrogen) atoms. The Kier molecular flexibility index (Phi) is 6.96. The highest BCUT2D eigenvalue weighted by Gasteiger charge is 2.11. The van der Waals surface area contributed by atoms with Crippen molar-refractivity contribution in [3.8, 4) is 0 Å². The number of aryl methyl sites for hydroxylation is 1. The SMILES string of the molecule is C[C@@H](CNC(=O)c1ccc(NC(=O)CSc2nnnn2C)cc1)c1ccccc1. The first-order valence-electron chi connectivity index (χ1n) is 9.11. The van der Waals surface area contributed by atoms with Gasteiger partial charge >= 0.3 is 0 Å². The van der Waals surface area contributed by atoms with Gasteiger partial charge in [0.1, 0.15) is 0 Å². The second-order valence-electron chi connectivity index (χ2n) is 6.52. The lowest BCUT2D eigenvalue weighted by Gasteiger charge is -2.13. The van der Waals surface area contributed by atoms with Gasteiger partial charge in [0.2, 0.25) is 11.1 Å². The van der Waals surface area contributed by atoms with Crippen molar-refractivity contribution in [1.29, 1.82) is 0 Å². The zero-order valence-corrected chi connectivity index (χ0v) is 17.0. The number of amides is 2. The summed E-state index contributed by atoms with van der Waals surface area (Å²) in [6, 6.07) is 16.9. The average molecular weight is 411 g/mol. The molecule has 0 aliphatic heterocycles. The van der Waals surface area contributed by atoms with E-state index in [1.165, 1.54) is 22.0 Å². The van der Waals surface area contributed by atoms with E-state index in [0.717, 1.165) is 0 Å². The molecule has 9 heteroatoms. The quantitative estimate of drug-likeness (QED) is 0.553. The lowest BCUT2D eigenvalue weighted by molar-refractivity contribution is -0.113. The van der Waals surface area contributed by atoms with Gasteiger partial charge in [0.15, 0.2) is 0 Å². The summed E-state index contributed by atoms with van der Waals surface area (Å²) in [6.45, 7) is 2.62. The standard InChI is InChI=1S/C20H22N6O2S/c1-14(15-6-4-3-5-7-15)12-21-19(28)16-8-10-17(11-9-16)22-18(27)13-29-20-23-24-25-26(20)2/h3-11,14H,12-13H2,1-2H3,(H,21,28)(H,22,27)/t14-/m0/s1. The molecule has 150 valence electrons. The number of hydrogen-bond donors (Lipinski definition) is 2. The molecule has 0 aliphatic carbocycles. The number of nitrogens with zero attached hydrogens (tertiary/aromatic N) is 4. The largest absolute Gasteiger partial charge is 0.351 e. The van der Waals surface area contributed by atoms with Crippen LogP contribution < -0.4 is 10.6 Å². The Balaban J connectivity index is 1.47. The molecule has 0 bridgehead atoms. The maximum Gasteiger partial charge on any atom is 0.251 e. The van der Waals surface area contributed by atoms with Crippen molar-refractivity contribution in [3.05, 3.63) is 65.7 Å². The molecule has 3 aromatic rings. The Bertz CT molecular complexity index is 959. The van der Waals surface area contributed by atoms with E-state index < -0.39 is 0 Å². The van der Waals surface area contributed by atoms with Crippen molar-refractivity contribution in [1.82, 2.24) is 25.5 Å². The number of thioether (sulfide) groups is 1. The van der Waals surface area contributed by atoms with Crippen LogP contribution in [0.3, 0.4) is 0 Å². The van der Waals surface area contributed by atoms with Gasteiger partial charge in [0, 0.05) is 24.8 Å². The highest BCUT2D eigenvalue weighted by Crippen LogP contribution is 2.15. The minimum Gasteiger partial charge on any atom is -0.351 e. The Hall–Kier alpha value is -3.20. The number of tetrazole rings is 1. The molecule has 0 saturated carbocycles. The third kappa shape index (κ3) is 5.89. The van der Waals surface area contributed by atoms with Crippen LogP contribution in [0.15, 0.2) is 59.8 Å². The van der Waals surface area contributed by atoms with E-state index in [0.29, 0.717) is 23.0 Å². The summed E-state index contributed by atoms with van der Waals surface area (Å²) in [6.07, 6.45) is 0. The maximum atomic E-state index is 12.4. The number of nitrogens with one attached hydrogen (secondary N) is 2. The van der Waals surface area contributed by atoms with E-state index in [1.807, 2.05) is 30.3 Å². The van der Waals surface area contributed by atoms with Gasteiger partial charge in [-0.15, -0.1) is 5.10 Å². The minimum atomic E-state index is -0.174. The summed E-state index contributed by atoms with van der Waals surface area (Å²) in [5, 5.41) is 17.4. The number of rotatable bonds is 8. The number of benzene rings is 2. The molecule has 0 saturated heterocycles. The van der Waals surface area contributed by atoms with Crippen LogP contribution in [-0.4, -0.2) is 44.3 Å². The number of aromatic nitrogens is 4. The molecule has 8 nitrogen and oxygen atoms in total. The topological polar surface area (TPSA) is 102 Å². The van der Waals surface area contributed by atoms with Gasteiger partial charge in [0.05, 0.1) is 5.75 Å². The van der Waals surface area contributed by atoms with E-state index >= 15 is 0 Å². The Labute approximate surface area is 173 Å². The molecule has 1 atom stereocenters. The summed E-state index contributed by atoms with van der Waals surface area (Å²) in [5.41, 5.74) is 2.35.